The number of hydrogen-bond acceptors (Lipinski definition) is 5. The standard InChI is InChI=1S/C17H27NO5S/c1-6-22-12-15(18-16(19)23-17(3,4)5)13-8-10-14(11-9-13)24(20,21)7-2/h8-11,15H,6-7,12H2,1-5H3,(H,18,19)/t15-/m0/s1. The second-order valence-electron chi connectivity index (χ2n) is 6.33. The monoisotopic (exact) mass is 357 g/mol. The molecule has 0 unspecified atom stereocenters. The minimum Gasteiger partial charge on any atom is -0.444 e. The maximum absolute atomic E-state index is 12.0. The Bertz CT molecular complexity index is 632. The SMILES string of the molecule is CCOC[C@H](NC(=O)OC(C)(C)C)c1ccc(S(=O)(=O)CC)cc1. The zero-order valence-corrected chi connectivity index (χ0v) is 15.8. The van der Waals surface area contributed by atoms with Crippen molar-refractivity contribution in [2.24, 2.45) is 0 Å². The molecule has 0 aromatic heterocycles. The van der Waals surface area contributed by atoms with Crippen LogP contribution in [0.5, 0.6) is 0 Å². The number of ether oxygens (including phenoxy) is 2. The van der Waals surface area contributed by atoms with E-state index in [4.69, 9.17) is 9.47 Å². The van der Waals surface area contributed by atoms with Crippen LogP contribution in [0, 0.1) is 0 Å². The Balaban J connectivity index is 2.94. The Morgan fingerprint density at radius 3 is 2.21 bits per heavy atom. The number of alkyl carbamates (subject to hydrolysis) is 1. The van der Waals surface area contributed by atoms with Gasteiger partial charge in [-0.2, -0.15) is 0 Å². The summed E-state index contributed by atoms with van der Waals surface area (Å²) < 4.78 is 34.4. The van der Waals surface area contributed by atoms with E-state index in [0.29, 0.717) is 6.61 Å². The topological polar surface area (TPSA) is 81.7 Å². The molecule has 24 heavy (non-hydrogen) atoms. The normalized spacial score (nSPS) is 13.4. The molecule has 1 N–H and O–H groups in total. The Morgan fingerprint density at radius 1 is 1.17 bits per heavy atom. The molecule has 0 heterocycles. The summed E-state index contributed by atoms with van der Waals surface area (Å²) in [5.74, 6) is 0.0465. The molecule has 0 aliphatic rings. The highest BCUT2D eigenvalue weighted by Gasteiger charge is 2.21. The molecule has 6 nitrogen and oxygen atoms in total. The van der Waals surface area contributed by atoms with Crippen LogP contribution in [0.15, 0.2) is 29.2 Å². The van der Waals surface area contributed by atoms with Crippen LogP contribution in [-0.4, -0.2) is 39.1 Å². The van der Waals surface area contributed by atoms with Gasteiger partial charge in [-0.1, -0.05) is 19.1 Å². The lowest BCUT2D eigenvalue weighted by Crippen LogP contribution is -2.36. The van der Waals surface area contributed by atoms with Gasteiger partial charge >= 0.3 is 6.09 Å². The summed E-state index contributed by atoms with van der Waals surface area (Å²) in [6.07, 6.45) is -0.544. The fourth-order valence-corrected chi connectivity index (χ4v) is 2.86. The van der Waals surface area contributed by atoms with E-state index < -0.39 is 27.6 Å². The summed E-state index contributed by atoms with van der Waals surface area (Å²) in [6, 6.07) is 6.04. The number of sulfone groups is 1. The third kappa shape index (κ3) is 6.49. The van der Waals surface area contributed by atoms with E-state index in [1.807, 2.05) is 6.92 Å². The summed E-state index contributed by atoms with van der Waals surface area (Å²) in [6.45, 7) is 9.61. The number of benzene rings is 1. The third-order valence-electron chi connectivity index (χ3n) is 3.20. The van der Waals surface area contributed by atoms with Crippen molar-refractivity contribution < 1.29 is 22.7 Å². The van der Waals surface area contributed by atoms with Gasteiger partial charge in [-0.25, -0.2) is 13.2 Å². The average Bonchev–Trinajstić information content (AvgIpc) is 2.49. The van der Waals surface area contributed by atoms with Gasteiger partial charge in [-0.15, -0.1) is 0 Å². The zero-order chi connectivity index (χ0) is 18.4. The molecule has 0 fully saturated rings. The number of rotatable bonds is 7. The first-order valence-electron chi connectivity index (χ1n) is 7.99. The van der Waals surface area contributed by atoms with Crippen molar-refractivity contribution in [1.29, 1.82) is 0 Å². The van der Waals surface area contributed by atoms with E-state index in [2.05, 4.69) is 5.32 Å². The molecule has 0 spiro atoms. The highest BCUT2D eigenvalue weighted by atomic mass is 32.2. The van der Waals surface area contributed by atoms with Gasteiger partial charge < -0.3 is 14.8 Å². The second-order valence-corrected chi connectivity index (χ2v) is 8.61. The molecule has 1 atom stereocenters. The van der Waals surface area contributed by atoms with Crippen molar-refractivity contribution in [2.75, 3.05) is 19.0 Å². The molecule has 0 radical (unpaired) electrons. The first-order chi connectivity index (χ1) is 11.1. The number of carbonyl (C=O) groups is 1. The first kappa shape index (κ1) is 20.4. The largest absolute Gasteiger partial charge is 0.444 e. The lowest BCUT2D eigenvalue weighted by atomic mass is 10.1. The number of hydrogen-bond donors (Lipinski definition) is 1. The molecule has 1 amide bonds. The molecule has 136 valence electrons. The van der Waals surface area contributed by atoms with Crippen molar-refractivity contribution in [3.63, 3.8) is 0 Å². The van der Waals surface area contributed by atoms with Crippen LogP contribution < -0.4 is 5.32 Å². The Morgan fingerprint density at radius 2 is 1.75 bits per heavy atom. The van der Waals surface area contributed by atoms with Gasteiger partial charge in [0.05, 0.1) is 23.3 Å². The minimum absolute atomic E-state index is 0.0465. The van der Waals surface area contributed by atoms with E-state index in [9.17, 15) is 13.2 Å². The molecule has 1 rings (SSSR count). The summed E-state index contributed by atoms with van der Waals surface area (Å²) >= 11 is 0. The van der Waals surface area contributed by atoms with Crippen LogP contribution in [0.4, 0.5) is 4.79 Å². The summed E-state index contributed by atoms with van der Waals surface area (Å²) in [7, 11) is -3.25. The van der Waals surface area contributed by atoms with Crippen molar-refractivity contribution in [3.8, 4) is 0 Å². The maximum atomic E-state index is 12.0. The maximum Gasteiger partial charge on any atom is 0.408 e. The number of nitrogens with one attached hydrogen (secondary N) is 1. The van der Waals surface area contributed by atoms with Gasteiger partial charge in [0.15, 0.2) is 9.84 Å². The van der Waals surface area contributed by atoms with Crippen LogP contribution >= 0.6 is 0 Å². The van der Waals surface area contributed by atoms with Crippen LogP contribution in [-0.2, 0) is 19.3 Å². The highest BCUT2D eigenvalue weighted by molar-refractivity contribution is 7.91. The number of amides is 1. The first-order valence-corrected chi connectivity index (χ1v) is 9.64. The zero-order valence-electron chi connectivity index (χ0n) is 15.0. The lowest BCUT2D eigenvalue weighted by Gasteiger charge is -2.24. The predicted octanol–water partition coefficient (Wildman–Crippen LogP) is 3.08. The van der Waals surface area contributed by atoms with Gasteiger partial charge in [0.2, 0.25) is 0 Å². The average molecular weight is 357 g/mol. The van der Waals surface area contributed by atoms with Crippen molar-refractivity contribution >= 4 is 15.9 Å². The van der Waals surface area contributed by atoms with E-state index in [1.165, 1.54) is 0 Å². The molecule has 0 saturated carbocycles. The summed E-state index contributed by atoms with van der Waals surface area (Å²) in [4.78, 5) is 12.3. The van der Waals surface area contributed by atoms with Gasteiger partial charge in [-0.05, 0) is 45.4 Å². The van der Waals surface area contributed by atoms with Gasteiger partial charge in [0.1, 0.15) is 5.60 Å². The van der Waals surface area contributed by atoms with Crippen LogP contribution in [0.1, 0.15) is 46.2 Å². The van der Waals surface area contributed by atoms with Crippen molar-refractivity contribution in [2.45, 2.75) is 51.2 Å². The molecule has 0 aliphatic heterocycles. The Labute approximate surface area is 144 Å². The summed E-state index contributed by atoms with van der Waals surface area (Å²) in [5, 5.41) is 2.76. The van der Waals surface area contributed by atoms with Crippen LogP contribution in [0.25, 0.3) is 0 Å². The van der Waals surface area contributed by atoms with Gasteiger partial charge in [0, 0.05) is 6.61 Å². The van der Waals surface area contributed by atoms with Crippen LogP contribution in [0.3, 0.4) is 0 Å². The second kappa shape index (κ2) is 8.48. The minimum atomic E-state index is -3.25. The van der Waals surface area contributed by atoms with Gasteiger partial charge in [0.25, 0.3) is 0 Å². The van der Waals surface area contributed by atoms with E-state index >= 15 is 0 Å². The van der Waals surface area contributed by atoms with E-state index in [0.717, 1.165) is 5.56 Å². The van der Waals surface area contributed by atoms with E-state index in [-0.39, 0.29) is 17.3 Å². The molecule has 1 aromatic carbocycles. The fraction of sp³-hybridized carbons (Fsp3) is 0.588. The van der Waals surface area contributed by atoms with Gasteiger partial charge in [-0.3, -0.25) is 0 Å². The molecule has 0 bridgehead atoms. The molecule has 0 aliphatic carbocycles. The fourth-order valence-electron chi connectivity index (χ4n) is 1.98. The molecular formula is C17H27NO5S. The predicted molar refractivity (Wildman–Crippen MR) is 92.8 cm³/mol. The molecule has 1 aromatic rings. The smallest absolute Gasteiger partial charge is 0.408 e. The third-order valence-corrected chi connectivity index (χ3v) is 4.95. The number of carbonyl (C=O) groups excluding carboxylic acids is 1. The van der Waals surface area contributed by atoms with E-state index in [1.54, 1.807) is 52.0 Å². The lowest BCUT2D eigenvalue weighted by molar-refractivity contribution is 0.0448. The molecule has 7 heteroatoms. The summed E-state index contributed by atoms with van der Waals surface area (Å²) in [5.41, 5.74) is 0.156. The molecule has 0 saturated heterocycles. The highest BCUT2D eigenvalue weighted by Crippen LogP contribution is 2.19. The Hall–Kier alpha value is -1.60. The van der Waals surface area contributed by atoms with Crippen molar-refractivity contribution in [1.82, 2.24) is 5.32 Å². The Kier molecular flexibility index (Phi) is 7.23. The quantitative estimate of drug-likeness (QED) is 0.811. The van der Waals surface area contributed by atoms with Crippen molar-refractivity contribution in [3.05, 3.63) is 29.8 Å². The van der Waals surface area contributed by atoms with Crippen LogP contribution in [0.2, 0.25) is 0 Å². The molecular weight excluding hydrogens is 330 g/mol.